The van der Waals surface area contributed by atoms with Gasteiger partial charge in [0.1, 0.15) is 13.1 Å². The monoisotopic (exact) mass is 393 g/mol. The molecule has 0 aliphatic carbocycles. The van der Waals surface area contributed by atoms with Gasteiger partial charge in [0.25, 0.3) is 0 Å². The Morgan fingerprint density at radius 1 is 1.17 bits per heavy atom. The second-order valence-electron chi connectivity index (χ2n) is 7.43. The summed E-state index contributed by atoms with van der Waals surface area (Å²) >= 11 is 0. The van der Waals surface area contributed by atoms with Crippen molar-refractivity contribution in [3.63, 3.8) is 0 Å². The SMILES string of the molecule is COc1cc2cncnc2cc1OCN1CCNC(c2ccc(N(C)C)cc2)C1. The summed E-state index contributed by atoms with van der Waals surface area (Å²) in [5, 5.41) is 4.54. The normalized spacial score (nSPS) is 17.3. The average Bonchev–Trinajstić information content (AvgIpc) is 2.77. The molecule has 1 unspecified atom stereocenters. The molecular weight excluding hydrogens is 366 g/mol. The van der Waals surface area contributed by atoms with Crippen molar-refractivity contribution in [3.05, 3.63) is 54.5 Å². The Bertz CT molecular complexity index is 961. The van der Waals surface area contributed by atoms with Gasteiger partial charge in [-0.25, -0.2) is 9.97 Å². The van der Waals surface area contributed by atoms with Crippen LogP contribution in [0, 0.1) is 0 Å². The number of methoxy groups -OCH3 is 1. The highest BCUT2D eigenvalue weighted by molar-refractivity contribution is 5.81. The quantitative estimate of drug-likeness (QED) is 0.691. The Hall–Kier alpha value is -2.90. The number of nitrogens with zero attached hydrogens (tertiary/aromatic N) is 4. The lowest BCUT2D eigenvalue weighted by molar-refractivity contribution is 0.0927. The molecule has 1 aliphatic heterocycles. The first-order valence-corrected chi connectivity index (χ1v) is 9.77. The van der Waals surface area contributed by atoms with Crippen molar-refractivity contribution < 1.29 is 9.47 Å². The minimum absolute atomic E-state index is 0.287. The third-order valence-electron chi connectivity index (χ3n) is 5.26. The Balaban J connectivity index is 1.43. The molecule has 1 aliphatic rings. The highest BCUT2D eigenvalue weighted by Gasteiger charge is 2.21. The minimum atomic E-state index is 0.287. The zero-order valence-electron chi connectivity index (χ0n) is 17.1. The summed E-state index contributed by atoms with van der Waals surface area (Å²) in [5.74, 6) is 1.39. The Morgan fingerprint density at radius 2 is 2.00 bits per heavy atom. The van der Waals surface area contributed by atoms with Gasteiger partial charge in [0.05, 0.1) is 12.6 Å². The fourth-order valence-electron chi connectivity index (χ4n) is 3.58. The van der Waals surface area contributed by atoms with Crippen LogP contribution in [0.3, 0.4) is 0 Å². The number of nitrogens with one attached hydrogen (secondary N) is 1. The van der Waals surface area contributed by atoms with Gasteiger partial charge in [-0.1, -0.05) is 12.1 Å². The van der Waals surface area contributed by atoms with Gasteiger partial charge in [0.2, 0.25) is 0 Å². The van der Waals surface area contributed by atoms with E-state index in [0.29, 0.717) is 18.2 Å². The van der Waals surface area contributed by atoms with Gasteiger partial charge in [-0.3, -0.25) is 4.90 Å². The molecule has 1 N–H and O–H groups in total. The van der Waals surface area contributed by atoms with Gasteiger partial charge in [-0.2, -0.15) is 0 Å². The van der Waals surface area contributed by atoms with Gasteiger partial charge >= 0.3 is 0 Å². The summed E-state index contributed by atoms with van der Waals surface area (Å²) < 4.78 is 11.6. The van der Waals surface area contributed by atoms with Crippen molar-refractivity contribution in [2.24, 2.45) is 0 Å². The van der Waals surface area contributed by atoms with Crippen molar-refractivity contribution in [2.45, 2.75) is 6.04 Å². The molecule has 1 atom stereocenters. The predicted molar refractivity (Wildman–Crippen MR) is 115 cm³/mol. The van der Waals surface area contributed by atoms with Gasteiger partial charge in [0, 0.05) is 63.1 Å². The molecule has 7 nitrogen and oxygen atoms in total. The lowest BCUT2D eigenvalue weighted by Gasteiger charge is -2.33. The van der Waals surface area contributed by atoms with Crippen LogP contribution in [0.25, 0.3) is 10.9 Å². The van der Waals surface area contributed by atoms with E-state index in [2.05, 4.69) is 63.4 Å². The Kier molecular flexibility index (Phi) is 5.78. The maximum atomic E-state index is 6.12. The summed E-state index contributed by atoms with van der Waals surface area (Å²) in [7, 11) is 5.76. The van der Waals surface area contributed by atoms with Crippen molar-refractivity contribution in [3.8, 4) is 11.5 Å². The Labute approximate surface area is 171 Å². The lowest BCUT2D eigenvalue weighted by atomic mass is 10.0. The third-order valence-corrected chi connectivity index (χ3v) is 5.26. The summed E-state index contributed by atoms with van der Waals surface area (Å²) in [6.45, 7) is 3.25. The largest absolute Gasteiger partial charge is 0.493 e. The van der Waals surface area contributed by atoms with Crippen molar-refractivity contribution in [1.82, 2.24) is 20.2 Å². The van der Waals surface area contributed by atoms with E-state index in [4.69, 9.17) is 9.47 Å². The van der Waals surface area contributed by atoms with Crippen molar-refractivity contribution >= 4 is 16.6 Å². The molecule has 0 spiro atoms. The molecule has 0 bridgehead atoms. The number of ether oxygens (including phenoxy) is 2. The second-order valence-corrected chi connectivity index (χ2v) is 7.43. The van der Waals surface area contributed by atoms with E-state index in [9.17, 15) is 0 Å². The number of hydrogen-bond acceptors (Lipinski definition) is 7. The number of hydrogen-bond donors (Lipinski definition) is 1. The molecule has 152 valence electrons. The molecule has 3 aromatic rings. The number of fused-ring (bicyclic) bond motifs is 1. The molecule has 29 heavy (non-hydrogen) atoms. The number of aromatic nitrogens is 2. The second kappa shape index (κ2) is 8.63. The van der Waals surface area contributed by atoms with Gasteiger partial charge in [-0.05, 0) is 23.8 Å². The molecule has 0 amide bonds. The molecule has 2 heterocycles. The molecule has 0 saturated carbocycles. The summed E-state index contributed by atoms with van der Waals surface area (Å²) in [4.78, 5) is 12.8. The van der Waals surface area contributed by atoms with E-state index >= 15 is 0 Å². The van der Waals surface area contributed by atoms with E-state index < -0.39 is 0 Å². The molecule has 1 fully saturated rings. The summed E-state index contributed by atoms with van der Waals surface area (Å²) in [6.07, 6.45) is 3.32. The van der Waals surface area contributed by atoms with Crippen LogP contribution >= 0.6 is 0 Å². The highest BCUT2D eigenvalue weighted by atomic mass is 16.5. The van der Waals surface area contributed by atoms with E-state index in [1.54, 1.807) is 19.6 Å². The van der Waals surface area contributed by atoms with E-state index in [1.807, 2.05) is 12.1 Å². The van der Waals surface area contributed by atoms with Gasteiger partial charge < -0.3 is 19.7 Å². The molecule has 2 aromatic carbocycles. The van der Waals surface area contributed by atoms with Gasteiger partial charge in [-0.15, -0.1) is 0 Å². The van der Waals surface area contributed by atoms with E-state index in [-0.39, 0.29) is 6.04 Å². The summed E-state index contributed by atoms with van der Waals surface area (Å²) in [6, 6.07) is 12.8. The molecule has 1 aromatic heterocycles. The van der Waals surface area contributed by atoms with Crippen LogP contribution in [-0.4, -0.2) is 62.4 Å². The third kappa shape index (κ3) is 4.41. The number of rotatable bonds is 6. The maximum absolute atomic E-state index is 6.12. The molecule has 4 rings (SSSR count). The van der Waals surface area contributed by atoms with Crippen LogP contribution in [-0.2, 0) is 0 Å². The zero-order chi connectivity index (χ0) is 20.2. The minimum Gasteiger partial charge on any atom is -0.493 e. The first-order chi connectivity index (χ1) is 14.1. The van der Waals surface area contributed by atoms with E-state index in [0.717, 1.165) is 30.5 Å². The summed E-state index contributed by atoms with van der Waals surface area (Å²) in [5.41, 5.74) is 3.34. The van der Waals surface area contributed by atoms with Crippen molar-refractivity contribution in [1.29, 1.82) is 0 Å². The van der Waals surface area contributed by atoms with Crippen LogP contribution in [0.5, 0.6) is 11.5 Å². The van der Waals surface area contributed by atoms with Crippen LogP contribution in [0.15, 0.2) is 48.9 Å². The van der Waals surface area contributed by atoms with Crippen LogP contribution in [0.2, 0.25) is 0 Å². The molecule has 1 saturated heterocycles. The number of benzene rings is 2. The van der Waals surface area contributed by atoms with Gasteiger partial charge in [0.15, 0.2) is 11.5 Å². The Morgan fingerprint density at radius 3 is 2.76 bits per heavy atom. The van der Waals surface area contributed by atoms with Crippen molar-refractivity contribution in [2.75, 3.05) is 52.5 Å². The maximum Gasteiger partial charge on any atom is 0.165 e. The first kappa shape index (κ1) is 19.4. The van der Waals surface area contributed by atoms with Crippen LogP contribution in [0.4, 0.5) is 5.69 Å². The molecule has 0 radical (unpaired) electrons. The number of piperazine rings is 1. The molecular formula is C22H27N5O2. The fraction of sp³-hybridized carbons (Fsp3) is 0.364. The highest BCUT2D eigenvalue weighted by Crippen LogP contribution is 2.31. The predicted octanol–water partition coefficient (Wildman–Crippen LogP) is 2.69. The topological polar surface area (TPSA) is 62.8 Å². The standard InChI is InChI=1S/C22H27N5O2/c1-26(2)18-6-4-16(5-7-18)20-13-27(9-8-24-20)15-29-22-11-19-17(10-21(22)28-3)12-23-14-25-19/h4-7,10-12,14,20,24H,8-9,13,15H2,1-3H3. The average molecular weight is 393 g/mol. The smallest absolute Gasteiger partial charge is 0.165 e. The zero-order valence-corrected chi connectivity index (χ0v) is 17.1. The van der Waals surface area contributed by atoms with E-state index in [1.165, 1.54) is 11.3 Å². The molecule has 7 heteroatoms. The van der Waals surface area contributed by atoms with Crippen LogP contribution < -0.4 is 19.7 Å². The lowest BCUT2D eigenvalue weighted by Crippen LogP contribution is -2.47. The number of anilines is 1. The first-order valence-electron chi connectivity index (χ1n) is 9.77. The van der Waals surface area contributed by atoms with Crippen LogP contribution in [0.1, 0.15) is 11.6 Å². The fourth-order valence-corrected chi connectivity index (χ4v) is 3.58.